The Balaban J connectivity index is 0.000000381. The van der Waals surface area contributed by atoms with Gasteiger partial charge in [-0.2, -0.15) is 0 Å². The fourth-order valence-electron chi connectivity index (χ4n) is 8.01. The van der Waals surface area contributed by atoms with Gasteiger partial charge in [0.25, 0.3) is 0 Å². The first-order chi connectivity index (χ1) is 25.1. The quantitative estimate of drug-likeness (QED) is 0.125. The first kappa shape index (κ1) is 41.9. The zero-order chi connectivity index (χ0) is 38.8. The number of methoxy groups -OCH3 is 2. The molecule has 296 valence electrons. The van der Waals surface area contributed by atoms with E-state index in [0.29, 0.717) is 42.9 Å². The van der Waals surface area contributed by atoms with E-state index in [1.807, 2.05) is 12.1 Å². The molecule has 0 bridgehead atoms. The number of esters is 2. The van der Waals surface area contributed by atoms with Crippen molar-refractivity contribution >= 4 is 23.8 Å². The second-order valence-electron chi connectivity index (χ2n) is 15.3. The van der Waals surface area contributed by atoms with Gasteiger partial charge < -0.3 is 45.4 Å². The largest absolute Gasteiger partial charge is 0.497 e. The molecule has 1 aromatic carbocycles. The molecule has 6 N–H and O–H groups in total. The van der Waals surface area contributed by atoms with Crippen LogP contribution in [0.2, 0.25) is 0 Å². The highest BCUT2D eigenvalue weighted by molar-refractivity contribution is 5.86. The minimum atomic E-state index is -2.12. The highest BCUT2D eigenvalue weighted by Crippen LogP contribution is 2.55. The second kappa shape index (κ2) is 18.4. The minimum absolute atomic E-state index is 0.0686. The first-order valence-electron chi connectivity index (χ1n) is 18.9. The number of nitrogens with two attached hydrogens (primary N) is 2. The lowest BCUT2D eigenvalue weighted by molar-refractivity contribution is -0.178. The van der Waals surface area contributed by atoms with Crippen molar-refractivity contribution in [3.05, 3.63) is 35.1 Å². The number of nitrogens with zero attached hydrogens (tertiary/aromatic N) is 1. The molecule has 1 fully saturated rings. The van der Waals surface area contributed by atoms with Crippen molar-refractivity contribution in [1.29, 1.82) is 0 Å². The summed E-state index contributed by atoms with van der Waals surface area (Å²) in [5, 5.41) is 21.6. The summed E-state index contributed by atoms with van der Waals surface area (Å²) in [6, 6.07) is 4.00. The Kier molecular flexibility index (Phi) is 14.6. The maximum atomic E-state index is 13.8. The van der Waals surface area contributed by atoms with Gasteiger partial charge in [0.2, 0.25) is 18.6 Å². The number of fused-ring (bicyclic) bond motifs is 3. The van der Waals surface area contributed by atoms with Gasteiger partial charge in [-0.05, 0) is 101 Å². The van der Waals surface area contributed by atoms with E-state index in [2.05, 4.69) is 11.0 Å². The average molecular weight is 746 g/mol. The number of carbonyl (C=O) groups excluding carboxylic acids is 4. The molecule has 14 nitrogen and oxygen atoms in total. The van der Waals surface area contributed by atoms with Gasteiger partial charge in [0.15, 0.2) is 23.2 Å². The van der Waals surface area contributed by atoms with Crippen LogP contribution >= 0.6 is 0 Å². The van der Waals surface area contributed by atoms with E-state index in [9.17, 15) is 29.4 Å². The molecule has 2 amide bonds. The van der Waals surface area contributed by atoms with Crippen molar-refractivity contribution in [2.75, 3.05) is 34.1 Å². The molecule has 5 rings (SSSR count). The third kappa shape index (κ3) is 10.9. The molecule has 0 radical (unpaired) electrons. The lowest BCUT2D eigenvalue weighted by Gasteiger charge is -2.39. The van der Waals surface area contributed by atoms with E-state index in [4.69, 9.17) is 35.2 Å². The summed E-state index contributed by atoms with van der Waals surface area (Å²) in [5.74, 6) is -0.511. The van der Waals surface area contributed by atoms with Gasteiger partial charge in [-0.25, -0.2) is 4.79 Å². The third-order valence-electron chi connectivity index (χ3n) is 10.7. The molecule has 0 saturated carbocycles. The van der Waals surface area contributed by atoms with Crippen LogP contribution in [0.5, 0.6) is 11.5 Å². The Labute approximate surface area is 312 Å². The minimum Gasteiger partial charge on any atom is -0.497 e. The van der Waals surface area contributed by atoms with Crippen LogP contribution in [-0.2, 0) is 39.8 Å². The normalized spacial score (nSPS) is 22.5. The van der Waals surface area contributed by atoms with Gasteiger partial charge in [-0.15, -0.1) is 0 Å². The molecule has 4 atom stereocenters. The third-order valence-corrected chi connectivity index (χ3v) is 10.7. The monoisotopic (exact) mass is 745 g/mol. The molecule has 3 aliphatic heterocycles. The average Bonchev–Trinajstić information content (AvgIpc) is 3.78. The predicted molar refractivity (Wildman–Crippen MR) is 195 cm³/mol. The molecule has 3 heterocycles. The van der Waals surface area contributed by atoms with E-state index in [1.54, 1.807) is 21.0 Å². The Morgan fingerprint density at radius 3 is 2.11 bits per heavy atom. The number of hydrogen-bond acceptors (Lipinski definition) is 12. The van der Waals surface area contributed by atoms with Crippen molar-refractivity contribution in [3.8, 4) is 11.5 Å². The predicted octanol–water partition coefficient (Wildman–Crippen LogP) is 3.66. The number of rotatable bonds is 18. The Morgan fingerprint density at radius 1 is 0.906 bits per heavy atom. The van der Waals surface area contributed by atoms with Gasteiger partial charge in [-0.1, -0.05) is 25.7 Å². The SMILES string of the molecule is COC(=O)CC(O)(CCCC(C)(C)O)C(=O)OC1C(OC)=CC23CCCN2CCc2cc4c(cc2C13)OCO4.NC(=O)CCCCCCCCC(N)=O. The van der Waals surface area contributed by atoms with Crippen molar-refractivity contribution < 1.29 is 53.1 Å². The lowest BCUT2D eigenvalue weighted by Crippen LogP contribution is -2.49. The molecule has 1 spiro atoms. The van der Waals surface area contributed by atoms with Gasteiger partial charge in [0, 0.05) is 19.4 Å². The number of carbonyl (C=O) groups is 4. The van der Waals surface area contributed by atoms with Crippen LogP contribution in [0.1, 0.15) is 121 Å². The summed E-state index contributed by atoms with van der Waals surface area (Å²) < 4.78 is 28.1. The van der Waals surface area contributed by atoms with Crippen molar-refractivity contribution in [3.63, 3.8) is 0 Å². The fourth-order valence-corrected chi connectivity index (χ4v) is 8.01. The second-order valence-corrected chi connectivity index (χ2v) is 15.3. The summed E-state index contributed by atoms with van der Waals surface area (Å²) in [5.41, 5.74) is 8.57. The maximum Gasteiger partial charge on any atom is 0.339 e. The van der Waals surface area contributed by atoms with Gasteiger partial charge in [0.1, 0.15) is 5.76 Å². The number of ether oxygens (including phenoxy) is 5. The van der Waals surface area contributed by atoms with E-state index in [0.717, 1.165) is 82.0 Å². The Morgan fingerprint density at radius 2 is 1.53 bits per heavy atom. The molecule has 14 heteroatoms. The topological polar surface area (TPSA) is 210 Å². The summed E-state index contributed by atoms with van der Waals surface area (Å²) in [6.07, 6.45) is 11.0. The number of benzene rings is 1. The highest BCUT2D eigenvalue weighted by Gasteiger charge is 2.59. The van der Waals surface area contributed by atoms with Crippen molar-refractivity contribution in [2.45, 2.75) is 139 Å². The van der Waals surface area contributed by atoms with E-state index in [-0.39, 0.29) is 30.9 Å². The molecule has 4 aliphatic rings. The zero-order valence-corrected chi connectivity index (χ0v) is 31.8. The van der Waals surface area contributed by atoms with Crippen LogP contribution in [0.3, 0.4) is 0 Å². The van der Waals surface area contributed by atoms with Crippen LogP contribution < -0.4 is 20.9 Å². The number of hydrogen-bond donors (Lipinski definition) is 4. The molecule has 1 aliphatic carbocycles. The number of primary amides is 2. The molecular formula is C39H59N3O11. The van der Waals surface area contributed by atoms with Crippen molar-refractivity contribution in [2.24, 2.45) is 11.5 Å². The number of amides is 2. The molecule has 1 saturated heterocycles. The Bertz CT molecular complexity index is 1470. The zero-order valence-electron chi connectivity index (χ0n) is 31.8. The van der Waals surface area contributed by atoms with Gasteiger partial charge in [0.05, 0.1) is 37.7 Å². The number of unbranched alkanes of at least 4 members (excludes halogenated alkanes) is 5. The van der Waals surface area contributed by atoms with Gasteiger partial charge in [-0.3, -0.25) is 19.3 Å². The molecular weight excluding hydrogens is 686 g/mol. The van der Waals surface area contributed by atoms with Gasteiger partial charge >= 0.3 is 11.9 Å². The first-order valence-corrected chi connectivity index (χ1v) is 18.9. The molecule has 4 unspecified atom stereocenters. The standard InChI is InChI=1S/C29H39NO9.C10H20N2O2/c1-27(2,33)8-5-10-29(34,16-23(31)36-4)26(32)39-25-22(35-3)15-28-9-6-11-30(28)12-7-18-13-20-21(38-17-37-20)14-19(18)24(25)28;11-9(13)7-5-3-1-2-4-6-8-10(12)14/h13-15,24-25,33-34H,5-12,16-17H2,1-4H3;1-8H2,(H2,11,13)(H2,12,14). The number of aliphatic hydroxyl groups is 2. The van der Waals surface area contributed by atoms with Crippen molar-refractivity contribution in [1.82, 2.24) is 4.90 Å². The Hall–Kier alpha value is -3.88. The lowest BCUT2D eigenvalue weighted by atomic mass is 9.77. The summed E-state index contributed by atoms with van der Waals surface area (Å²) in [6.45, 7) is 5.21. The fraction of sp³-hybridized carbons (Fsp3) is 0.692. The summed E-state index contributed by atoms with van der Waals surface area (Å²) >= 11 is 0. The molecule has 1 aromatic rings. The van der Waals surface area contributed by atoms with Crippen LogP contribution in [0.4, 0.5) is 0 Å². The highest BCUT2D eigenvalue weighted by atomic mass is 16.7. The van der Waals surface area contributed by atoms with Crippen LogP contribution in [0.15, 0.2) is 24.0 Å². The smallest absolute Gasteiger partial charge is 0.339 e. The summed E-state index contributed by atoms with van der Waals surface area (Å²) in [7, 11) is 2.76. The van der Waals surface area contributed by atoms with Crippen LogP contribution in [-0.4, -0.2) is 95.8 Å². The van der Waals surface area contributed by atoms with E-state index >= 15 is 0 Å². The van der Waals surface area contributed by atoms with Crippen LogP contribution in [0, 0.1) is 0 Å². The maximum absolute atomic E-state index is 13.8. The van der Waals surface area contributed by atoms with Crippen LogP contribution in [0.25, 0.3) is 0 Å². The molecule has 53 heavy (non-hydrogen) atoms. The van der Waals surface area contributed by atoms with E-state index in [1.165, 1.54) is 7.11 Å². The molecule has 0 aromatic heterocycles. The summed E-state index contributed by atoms with van der Waals surface area (Å²) in [4.78, 5) is 49.2. The van der Waals surface area contributed by atoms with E-state index < -0.39 is 41.2 Å².